The third-order valence-electron chi connectivity index (χ3n) is 6.51. The normalized spacial score (nSPS) is 17.3. The monoisotopic (exact) mass is 473 g/mol. The number of hydrogen-bond donors (Lipinski definition) is 1. The number of ether oxygens (including phenoxy) is 1. The zero-order valence-electron chi connectivity index (χ0n) is 20.4. The highest BCUT2D eigenvalue weighted by molar-refractivity contribution is 5.92. The zero-order valence-corrected chi connectivity index (χ0v) is 20.4. The van der Waals surface area contributed by atoms with Gasteiger partial charge in [0.1, 0.15) is 12.0 Å². The lowest BCUT2D eigenvalue weighted by atomic mass is 9.87. The lowest BCUT2D eigenvalue weighted by Gasteiger charge is -2.38. The molecule has 2 heterocycles. The number of nitrogens with zero attached hydrogens (tertiary/aromatic N) is 2. The summed E-state index contributed by atoms with van der Waals surface area (Å²) < 4.78 is 11.4. The number of fused-ring (bicyclic) bond motifs is 1. The Morgan fingerprint density at radius 3 is 2.66 bits per heavy atom. The van der Waals surface area contributed by atoms with Crippen molar-refractivity contribution >= 4 is 11.8 Å². The molecule has 0 unspecified atom stereocenters. The van der Waals surface area contributed by atoms with Crippen LogP contribution in [0, 0.1) is 12.8 Å². The Balaban J connectivity index is 1.38. The average molecular weight is 474 g/mol. The van der Waals surface area contributed by atoms with Gasteiger partial charge in [0.25, 0.3) is 5.91 Å². The Hall–Kier alpha value is -3.61. The topological polar surface area (TPSA) is 84.7 Å². The second kappa shape index (κ2) is 9.56. The highest BCUT2D eigenvalue weighted by Crippen LogP contribution is 2.41. The summed E-state index contributed by atoms with van der Waals surface area (Å²) >= 11 is 0. The molecule has 3 aromatic rings. The Labute approximate surface area is 205 Å². The van der Waals surface area contributed by atoms with Crippen LogP contribution in [0.5, 0.6) is 5.75 Å². The molecule has 0 bridgehead atoms. The van der Waals surface area contributed by atoms with Crippen LogP contribution < -0.4 is 10.1 Å². The summed E-state index contributed by atoms with van der Waals surface area (Å²) in [5.74, 6) is 1.14. The first-order chi connectivity index (χ1) is 16.9. The van der Waals surface area contributed by atoms with E-state index in [9.17, 15) is 9.59 Å². The molecule has 5 rings (SSSR count). The number of amides is 2. The van der Waals surface area contributed by atoms with Gasteiger partial charge in [-0.3, -0.25) is 9.59 Å². The van der Waals surface area contributed by atoms with Gasteiger partial charge in [-0.15, -0.1) is 0 Å². The number of carbonyl (C=O) groups excluding carboxylic acids is 2. The number of rotatable bonds is 7. The molecular formula is C28H31N3O4. The van der Waals surface area contributed by atoms with Gasteiger partial charge < -0.3 is 19.4 Å². The molecule has 1 fully saturated rings. The van der Waals surface area contributed by atoms with Crippen LogP contribution in [0.3, 0.4) is 0 Å². The molecule has 1 aliphatic carbocycles. The van der Waals surface area contributed by atoms with E-state index in [0.717, 1.165) is 36.9 Å². The predicted molar refractivity (Wildman–Crippen MR) is 131 cm³/mol. The van der Waals surface area contributed by atoms with Gasteiger partial charge in [-0.25, -0.2) is 4.98 Å². The van der Waals surface area contributed by atoms with Crippen LogP contribution in [-0.2, 0) is 17.8 Å². The van der Waals surface area contributed by atoms with Crippen LogP contribution in [0.25, 0.3) is 0 Å². The van der Waals surface area contributed by atoms with E-state index < -0.39 is 0 Å². The molecule has 2 aromatic carbocycles. The molecule has 0 radical (unpaired) electrons. The minimum atomic E-state index is -0.273. The molecular weight excluding hydrogens is 442 g/mol. The molecule has 7 nitrogen and oxygen atoms in total. The second-order valence-electron chi connectivity index (χ2n) is 9.77. The Morgan fingerprint density at radius 1 is 1.17 bits per heavy atom. The van der Waals surface area contributed by atoms with Crippen molar-refractivity contribution in [1.29, 1.82) is 0 Å². The van der Waals surface area contributed by atoms with Crippen molar-refractivity contribution in [3.05, 3.63) is 82.6 Å². The summed E-state index contributed by atoms with van der Waals surface area (Å²) in [5, 5.41) is 2.80. The average Bonchev–Trinajstić information content (AvgIpc) is 3.59. The molecule has 1 saturated carbocycles. The molecule has 2 aliphatic rings. The highest BCUT2D eigenvalue weighted by Gasteiger charge is 2.39. The van der Waals surface area contributed by atoms with E-state index in [0.29, 0.717) is 11.6 Å². The molecule has 0 saturated heterocycles. The van der Waals surface area contributed by atoms with Crippen molar-refractivity contribution in [3.63, 3.8) is 0 Å². The lowest BCUT2D eigenvalue weighted by Crippen LogP contribution is -2.41. The first-order valence-electron chi connectivity index (χ1n) is 12.3. The van der Waals surface area contributed by atoms with Gasteiger partial charge in [0.2, 0.25) is 11.8 Å². The predicted octanol–water partition coefficient (Wildman–Crippen LogP) is 4.58. The maximum absolute atomic E-state index is 13.2. The molecule has 1 N–H and O–H groups in total. The van der Waals surface area contributed by atoms with Crippen LogP contribution in [0.2, 0.25) is 0 Å². The molecule has 0 spiro atoms. The van der Waals surface area contributed by atoms with Crippen molar-refractivity contribution in [3.8, 4) is 5.75 Å². The van der Waals surface area contributed by atoms with Crippen LogP contribution >= 0.6 is 0 Å². The summed E-state index contributed by atoms with van der Waals surface area (Å²) in [5.41, 5.74) is 4.85. The Kier molecular flexibility index (Phi) is 6.32. The summed E-state index contributed by atoms with van der Waals surface area (Å²) in [6.45, 7) is 6.67. The van der Waals surface area contributed by atoms with E-state index in [-0.39, 0.29) is 42.1 Å². The SMILES string of the molecule is Cc1ccc([C@@H]2c3cc(OCc4nc(C(=O)NC(C)C)co4)ccc3CCN2C(=O)C2CC2)cc1. The smallest absolute Gasteiger partial charge is 0.273 e. The number of oxazole rings is 1. The standard InChI is InChI=1S/C28H31N3O4/c1-17(2)29-27(32)24-15-35-25(30-24)16-34-22-11-10-19-12-13-31(28(33)21-8-9-21)26(23(19)14-22)20-6-4-18(3)5-7-20/h4-7,10-11,14-15,17,21,26H,8-9,12-13,16H2,1-3H3,(H,29,32)/t26-/m1/s1. The second-order valence-corrected chi connectivity index (χ2v) is 9.77. The molecule has 2 amide bonds. The summed E-state index contributed by atoms with van der Waals surface area (Å²) in [7, 11) is 0. The van der Waals surface area contributed by atoms with E-state index in [1.54, 1.807) is 0 Å². The largest absolute Gasteiger partial charge is 0.484 e. The fourth-order valence-electron chi connectivity index (χ4n) is 4.56. The first-order valence-corrected chi connectivity index (χ1v) is 12.3. The molecule has 182 valence electrons. The van der Waals surface area contributed by atoms with Gasteiger partial charge in [0.15, 0.2) is 12.3 Å². The highest BCUT2D eigenvalue weighted by atomic mass is 16.5. The molecule has 1 atom stereocenters. The van der Waals surface area contributed by atoms with Crippen molar-refractivity contribution in [2.75, 3.05) is 6.54 Å². The Morgan fingerprint density at radius 2 is 1.94 bits per heavy atom. The van der Waals surface area contributed by atoms with Gasteiger partial charge >= 0.3 is 0 Å². The molecule has 35 heavy (non-hydrogen) atoms. The van der Waals surface area contributed by atoms with Crippen molar-refractivity contribution in [2.24, 2.45) is 5.92 Å². The van der Waals surface area contributed by atoms with E-state index in [4.69, 9.17) is 9.15 Å². The van der Waals surface area contributed by atoms with Crippen LogP contribution in [-0.4, -0.2) is 34.3 Å². The molecule has 1 aromatic heterocycles. The fraction of sp³-hybridized carbons (Fsp3) is 0.393. The lowest BCUT2D eigenvalue weighted by molar-refractivity contribution is -0.134. The fourth-order valence-corrected chi connectivity index (χ4v) is 4.56. The number of aryl methyl sites for hydroxylation is 1. The number of hydrogen-bond acceptors (Lipinski definition) is 5. The first kappa shape index (κ1) is 23.1. The number of aromatic nitrogens is 1. The van der Waals surface area contributed by atoms with Crippen molar-refractivity contribution < 1.29 is 18.7 Å². The maximum atomic E-state index is 13.2. The van der Waals surface area contributed by atoms with E-state index in [1.807, 2.05) is 30.9 Å². The number of nitrogens with one attached hydrogen (secondary N) is 1. The quantitative estimate of drug-likeness (QED) is 0.543. The van der Waals surface area contributed by atoms with Gasteiger partial charge in [-0.2, -0.15) is 0 Å². The summed E-state index contributed by atoms with van der Waals surface area (Å²) in [6.07, 6.45) is 4.14. The number of benzene rings is 2. The van der Waals surface area contributed by atoms with Gasteiger partial charge in [-0.1, -0.05) is 35.9 Å². The Bertz CT molecular complexity index is 1230. The van der Waals surface area contributed by atoms with Crippen molar-refractivity contribution in [2.45, 2.75) is 58.7 Å². The van der Waals surface area contributed by atoms with Crippen LogP contribution in [0.15, 0.2) is 53.1 Å². The van der Waals surface area contributed by atoms with E-state index in [2.05, 4.69) is 47.6 Å². The molecule has 1 aliphatic heterocycles. The number of carbonyl (C=O) groups is 2. The molecule has 7 heteroatoms. The van der Waals surface area contributed by atoms with Crippen LogP contribution in [0.1, 0.15) is 71.4 Å². The maximum Gasteiger partial charge on any atom is 0.273 e. The van der Waals surface area contributed by atoms with Crippen molar-refractivity contribution in [1.82, 2.24) is 15.2 Å². The summed E-state index contributed by atoms with van der Waals surface area (Å²) in [4.78, 5) is 31.6. The zero-order chi connectivity index (χ0) is 24.5. The van der Waals surface area contributed by atoms with Gasteiger partial charge in [0, 0.05) is 18.5 Å². The minimum absolute atomic E-state index is 0.0160. The van der Waals surface area contributed by atoms with Crippen LogP contribution in [0.4, 0.5) is 0 Å². The third kappa shape index (κ3) is 5.09. The van der Waals surface area contributed by atoms with Gasteiger partial charge in [0.05, 0.1) is 6.04 Å². The van der Waals surface area contributed by atoms with E-state index >= 15 is 0 Å². The van der Waals surface area contributed by atoms with E-state index in [1.165, 1.54) is 17.4 Å². The third-order valence-corrected chi connectivity index (χ3v) is 6.51. The van der Waals surface area contributed by atoms with Gasteiger partial charge in [-0.05, 0) is 68.9 Å². The summed E-state index contributed by atoms with van der Waals surface area (Å²) in [6, 6.07) is 14.4. The minimum Gasteiger partial charge on any atom is -0.484 e.